The van der Waals surface area contributed by atoms with Crippen LogP contribution in [0.4, 0.5) is 0 Å². The smallest absolute Gasteiger partial charge is 0.200 e. The molecule has 3 aromatic rings. The fourth-order valence-corrected chi connectivity index (χ4v) is 5.64. The number of nitrogens with zero attached hydrogens (tertiary/aromatic N) is 3. The van der Waals surface area contributed by atoms with Crippen molar-refractivity contribution in [3.63, 3.8) is 0 Å². The fraction of sp³-hybridized carbons (Fsp3) is 0.321. The maximum absolute atomic E-state index is 6.77. The Morgan fingerprint density at radius 3 is 2.65 bits per heavy atom. The van der Waals surface area contributed by atoms with Crippen LogP contribution in [0.2, 0.25) is 5.02 Å². The van der Waals surface area contributed by atoms with E-state index in [1.165, 1.54) is 5.56 Å². The number of ether oxygens (including phenoxy) is 2. The van der Waals surface area contributed by atoms with Crippen molar-refractivity contribution in [3.05, 3.63) is 94.5 Å². The number of benzene rings is 3. The molecule has 1 spiro atoms. The number of halogens is 1. The third-order valence-electron chi connectivity index (χ3n) is 7.25. The van der Waals surface area contributed by atoms with Gasteiger partial charge in [-0.25, -0.2) is 5.01 Å². The highest BCUT2D eigenvalue weighted by atomic mass is 35.5. The van der Waals surface area contributed by atoms with Crippen molar-refractivity contribution in [2.24, 2.45) is 5.10 Å². The van der Waals surface area contributed by atoms with E-state index < -0.39 is 5.72 Å². The second kappa shape index (κ2) is 8.64. The quantitative estimate of drug-likeness (QED) is 0.474. The van der Waals surface area contributed by atoms with Gasteiger partial charge in [-0.3, -0.25) is 4.90 Å². The third kappa shape index (κ3) is 3.83. The third-order valence-corrected chi connectivity index (χ3v) is 7.48. The predicted octanol–water partition coefficient (Wildman–Crippen LogP) is 5.88. The van der Waals surface area contributed by atoms with Crippen LogP contribution in [0.25, 0.3) is 0 Å². The predicted molar refractivity (Wildman–Crippen MR) is 134 cm³/mol. The summed E-state index contributed by atoms with van der Waals surface area (Å²) in [4.78, 5) is 2.51. The molecule has 34 heavy (non-hydrogen) atoms. The lowest BCUT2D eigenvalue weighted by atomic mass is 9.90. The number of methoxy groups -OCH3 is 1. The first-order valence-corrected chi connectivity index (χ1v) is 12.3. The van der Waals surface area contributed by atoms with Crippen molar-refractivity contribution >= 4 is 17.3 Å². The normalized spacial score (nSPS) is 20.9. The molecule has 3 aliphatic rings. The molecule has 0 saturated carbocycles. The van der Waals surface area contributed by atoms with Gasteiger partial charge in [-0.05, 0) is 35.9 Å². The van der Waals surface area contributed by atoms with Crippen LogP contribution in [0.15, 0.2) is 77.9 Å². The highest BCUT2D eigenvalue weighted by Crippen LogP contribution is 2.50. The van der Waals surface area contributed by atoms with Crippen LogP contribution in [-0.4, -0.2) is 41.5 Å². The summed E-state index contributed by atoms with van der Waals surface area (Å²) in [7, 11) is 1.70. The Morgan fingerprint density at radius 2 is 1.85 bits per heavy atom. The van der Waals surface area contributed by atoms with Gasteiger partial charge in [0.05, 0.1) is 18.9 Å². The molecule has 1 saturated heterocycles. The summed E-state index contributed by atoms with van der Waals surface area (Å²) in [6.07, 6.45) is 2.61. The van der Waals surface area contributed by atoms with Crippen LogP contribution < -0.4 is 9.47 Å². The maximum Gasteiger partial charge on any atom is 0.200 e. The zero-order valence-electron chi connectivity index (χ0n) is 19.3. The van der Waals surface area contributed by atoms with E-state index >= 15 is 0 Å². The molecule has 0 N–H and O–H groups in total. The molecule has 3 aliphatic heterocycles. The molecule has 3 heterocycles. The molecule has 1 fully saturated rings. The molecule has 6 heteroatoms. The van der Waals surface area contributed by atoms with Crippen molar-refractivity contribution in [1.29, 1.82) is 0 Å². The number of likely N-dealkylation sites (tertiary alicyclic amines) is 1. The Balaban J connectivity index is 1.31. The Bertz CT molecular complexity index is 1220. The zero-order valence-corrected chi connectivity index (χ0v) is 20.0. The SMILES string of the molecule is COc1cccc(C2=NN3[C@@H](C2)c2cc(Cl)ccc2OC32CCN(Cc3ccccc3)CC2)c1. The van der Waals surface area contributed by atoms with Crippen molar-refractivity contribution in [2.75, 3.05) is 20.2 Å². The number of hydrogen-bond acceptors (Lipinski definition) is 5. The molecule has 0 radical (unpaired) electrons. The number of hydrazone groups is 1. The Morgan fingerprint density at radius 1 is 1.03 bits per heavy atom. The van der Waals surface area contributed by atoms with E-state index in [1.54, 1.807) is 7.11 Å². The van der Waals surface area contributed by atoms with E-state index in [1.807, 2.05) is 30.3 Å². The Kier molecular flexibility index (Phi) is 5.47. The van der Waals surface area contributed by atoms with Gasteiger partial charge in [0.2, 0.25) is 5.72 Å². The first kappa shape index (κ1) is 21.5. The van der Waals surface area contributed by atoms with Crippen LogP contribution in [0.3, 0.4) is 0 Å². The molecular formula is C28H28ClN3O2. The molecule has 5 nitrogen and oxygen atoms in total. The van der Waals surface area contributed by atoms with E-state index in [4.69, 9.17) is 26.2 Å². The minimum Gasteiger partial charge on any atom is -0.497 e. The summed E-state index contributed by atoms with van der Waals surface area (Å²) >= 11 is 6.40. The summed E-state index contributed by atoms with van der Waals surface area (Å²) in [5.41, 5.74) is 4.17. The summed E-state index contributed by atoms with van der Waals surface area (Å²) in [5.74, 6) is 1.78. The molecule has 6 rings (SSSR count). The highest BCUT2D eigenvalue weighted by Gasteiger charge is 2.51. The minimum absolute atomic E-state index is 0.115. The van der Waals surface area contributed by atoms with Crippen molar-refractivity contribution in [3.8, 4) is 11.5 Å². The fourth-order valence-electron chi connectivity index (χ4n) is 5.46. The molecule has 3 aromatic carbocycles. The molecule has 0 aliphatic carbocycles. The number of rotatable bonds is 4. The van der Waals surface area contributed by atoms with Crippen LogP contribution in [0, 0.1) is 0 Å². The van der Waals surface area contributed by atoms with Crippen molar-refractivity contribution in [2.45, 2.75) is 37.6 Å². The van der Waals surface area contributed by atoms with Crippen LogP contribution in [0.5, 0.6) is 11.5 Å². The van der Waals surface area contributed by atoms with Gasteiger partial charge in [0.25, 0.3) is 0 Å². The number of hydrogen-bond donors (Lipinski definition) is 0. The molecule has 0 amide bonds. The second-order valence-electron chi connectivity index (χ2n) is 9.34. The first-order valence-electron chi connectivity index (χ1n) is 11.9. The van der Waals surface area contributed by atoms with Crippen molar-refractivity contribution < 1.29 is 9.47 Å². The molecule has 0 unspecified atom stereocenters. The molecule has 0 aromatic heterocycles. The summed E-state index contributed by atoms with van der Waals surface area (Å²) < 4.78 is 12.2. The molecule has 0 bridgehead atoms. The van der Waals surface area contributed by atoms with Crippen LogP contribution in [0.1, 0.15) is 42.0 Å². The van der Waals surface area contributed by atoms with E-state index in [2.05, 4.69) is 52.4 Å². The van der Waals surface area contributed by atoms with Gasteiger partial charge in [0.1, 0.15) is 11.5 Å². The average Bonchev–Trinajstić information content (AvgIpc) is 3.34. The van der Waals surface area contributed by atoms with E-state index in [0.717, 1.165) is 72.3 Å². The lowest BCUT2D eigenvalue weighted by molar-refractivity contribution is -0.150. The van der Waals surface area contributed by atoms with Gasteiger partial charge in [0, 0.05) is 55.0 Å². The molecule has 174 valence electrons. The molecule has 1 atom stereocenters. The zero-order chi connectivity index (χ0) is 23.1. The number of piperidine rings is 1. The standard InChI is InChI=1S/C28H28ClN3O2/c1-33-23-9-5-8-21(16-23)25-18-26-24-17-22(29)10-11-27(24)34-28(32(26)30-25)12-14-31(15-13-28)19-20-6-3-2-4-7-20/h2-11,16-17,26H,12-15,18-19H2,1H3/t26-/m0/s1. The maximum atomic E-state index is 6.77. The van der Waals surface area contributed by atoms with Gasteiger partial charge in [-0.2, -0.15) is 5.10 Å². The second-order valence-corrected chi connectivity index (χ2v) is 9.77. The van der Waals surface area contributed by atoms with Gasteiger partial charge in [0.15, 0.2) is 0 Å². The largest absolute Gasteiger partial charge is 0.497 e. The van der Waals surface area contributed by atoms with E-state index in [-0.39, 0.29) is 6.04 Å². The van der Waals surface area contributed by atoms with Gasteiger partial charge in [-0.15, -0.1) is 0 Å². The lowest BCUT2D eigenvalue weighted by Gasteiger charge is -2.51. The lowest BCUT2D eigenvalue weighted by Crippen LogP contribution is -2.59. The minimum atomic E-state index is -0.445. The average molecular weight is 474 g/mol. The Hall–Kier alpha value is -3.02. The van der Waals surface area contributed by atoms with Gasteiger partial charge in [-0.1, -0.05) is 54.1 Å². The summed E-state index contributed by atoms with van der Waals surface area (Å²) in [5, 5.41) is 8.14. The van der Waals surface area contributed by atoms with Gasteiger partial charge < -0.3 is 9.47 Å². The topological polar surface area (TPSA) is 37.3 Å². The number of fused-ring (bicyclic) bond motifs is 4. The van der Waals surface area contributed by atoms with Crippen molar-refractivity contribution in [1.82, 2.24) is 9.91 Å². The highest BCUT2D eigenvalue weighted by molar-refractivity contribution is 6.30. The summed E-state index contributed by atoms with van der Waals surface area (Å²) in [6.45, 7) is 2.89. The van der Waals surface area contributed by atoms with Crippen LogP contribution in [-0.2, 0) is 6.54 Å². The van der Waals surface area contributed by atoms with E-state index in [0.29, 0.717) is 0 Å². The molecular weight excluding hydrogens is 446 g/mol. The Labute approximate surface area is 205 Å². The monoisotopic (exact) mass is 473 g/mol. The summed E-state index contributed by atoms with van der Waals surface area (Å²) in [6, 6.07) is 24.9. The van der Waals surface area contributed by atoms with Gasteiger partial charge >= 0.3 is 0 Å². The van der Waals surface area contributed by atoms with E-state index in [9.17, 15) is 0 Å². The van der Waals surface area contributed by atoms with Crippen LogP contribution >= 0.6 is 11.6 Å². The first-order chi connectivity index (χ1) is 16.6.